The number of amides is 1. The van der Waals surface area contributed by atoms with Gasteiger partial charge >= 0.3 is 0 Å². The molecule has 1 aliphatic carbocycles. The number of nitrogens with zero attached hydrogens (tertiary/aromatic N) is 4. The van der Waals surface area contributed by atoms with E-state index in [2.05, 4.69) is 15.6 Å². The molecule has 4 rings (SSSR count). The van der Waals surface area contributed by atoms with Crippen LogP contribution in [0.5, 0.6) is 0 Å². The Morgan fingerprint density at radius 2 is 2.00 bits per heavy atom. The molecule has 2 heterocycles. The van der Waals surface area contributed by atoms with Crippen LogP contribution in [0.25, 0.3) is 0 Å². The third-order valence-corrected chi connectivity index (χ3v) is 5.17. The van der Waals surface area contributed by atoms with Crippen molar-refractivity contribution < 1.29 is 9.18 Å². The van der Waals surface area contributed by atoms with Gasteiger partial charge in [0.15, 0.2) is 5.69 Å². The van der Waals surface area contributed by atoms with Crippen molar-refractivity contribution >= 4 is 18.3 Å². The molecule has 1 N–H and O–H groups in total. The number of rotatable bonds is 6. The molecule has 1 aromatic heterocycles. The lowest BCUT2D eigenvalue weighted by molar-refractivity contribution is 0.0699. The van der Waals surface area contributed by atoms with Crippen molar-refractivity contribution in [3.63, 3.8) is 0 Å². The van der Waals surface area contributed by atoms with Gasteiger partial charge in [-0.05, 0) is 55.8 Å². The summed E-state index contributed by atoms with van der Waals surface area (Å²) < 4.78 is 14.8. The highest BCUT2D eigenvalue weighted by Crippen LogP contribution is 2.28. The molecule has 2 fully saturated rings. The van der Waals surface area contributed by atoms with Gasteiger partial charge in [0.25, 0.3) is 5.91 Å². The van der Waals surface area contributed by atoms with Gasteiger partial charge in [-0.15, -0.1) is 17.5 Å². The van der Waals surface area contributed by atoms with Crippen molar-refractivity contribution in [3.05, 3.63) is 47.5 Å². The van der Waals surface area contributed by atoms with Crippen molar-refractivity contribution in [3.8, 4) is 0 Å². The van der Waals surface area contributed by atoms with E-state index in [9.17, 15) is 9.18 Å². The third kappa shape index (κ3) is 5.26. The third-order valence-electron chi connectivity index (χ3n) is 5.17. The number of likely N-dealkylation sites (tertiary alicyclic amines) is 1. The molecule has 146 valence electrons. The number of benzene rings is 1. The summed E-state index contributed by atoms with van der Waals surface area (Å²) in [5.41, 5.74) is 1.14. The zero-order chi connectivity index (χ0) is 17.9. The van der Waals surface area contributed by atoms with Gasteiger partial charge in [-0.1, -0.05) is 17.3 Å². The molecule has 0 atom stereocenters. The average molecular weight is 394 g/mol. The highest BCUT2D eigenvalue weighted by atomic mass is 35.5. The van der Waals surface area contributed by atoms with Gasteiger partial charge in [0.2, 0.25) is 0 Å². The molecule has 6 nitrogen and oxygen atoms in total. The fraction of sp³-hybridized carbons (Fsp3) is 0.526. The van der Waals surface area contributed by atoms with Gasteiger partial charge in [-0.3, -0.25) is 4.79 Å². The van der Waals surface area contributed by atoms with Crippen LogP contribution in [0.15, 0.2) is 30.5 Å². The van der Waals surface area contributed by atoms with E-state index < -0.39 is 0 Å². The standard InChI is InChI=1S/C19H24FN5O.ClH/c20-16-3-1-2-15(10-16)12-25-13-18(22-23-25)19(26)24-8-6-17(7-9-24)21-11-14-4-5-14;/h1-3,10,13-14,17,21H,4-9,11-12H2;1H. The topological polar surface area (TPSA) is 63.1 Å². The van der Waals surface area contributed by atoms with E-state index in [0.29, 0.717) is 18.3 Å². The zero-order valence-electron chi connectivity index (χ0n) is 15.2. The lowest BCUT2D eigenvalue weighted by Gasteiger charge is -2.32. The van der Waals surface area contributed by atoms with Crippen LogP contribution >= 0.6 is 12.4 Å². The van der Waals surface area contributed by atoms with E-state index >= 15 is 0 Å². The van der Waals surface area contributed by atoms with Crippen LogP contribution in [-0.2, 0) is 6.54 Å². The average Bonchev–Trinajstić information content (AvgIpc) is 3.37. The summed E-state index contributed by atoms with van der Waals surface area (Å²) >= 11 is 0. The Balaban J connectivity index is 0.00000210. The predicted octanol–water partition coefficient (Wildman–Crippen LogP) is 2.49. The van der Waals surface area contributed by atoms with Gasteiger partial charge in [-0.2, -0.15) is 0 Å². The molecule has 0 radical (unpaired) electrons. The Morgan fingerprint density at radius 1 is 1.22 bits per heavy atom. The van der Waals surface area contributed by atoms with Crippen molar-refractivity contribution in [2.24, 2.45) is 5.92 Å². The van der Waals surface area contributed by atoms with Gasteiger partial charge in [0.05, 0.1) is 12.7 Å². The molecule has 1 aliphatic heterocycles. The number of piperidine rings is 1. The summed E-state index contributed by atoms with van der Waals surface area (Å²) in [6.07, 6.45) is 6.32. The first kappa shape index (κ1) is 19.8. The molecule has 0 spiro atoms. The monoisotopic (exact) mass is 393 g/mol. The van der Waals surface area contributed by atoms with E-state index in [1.54, 1.807) is 16.9 Å². The Hall–Kier alpha value is -1.99. The molecular formula is C19H25ClFN5O. The highest BCUT2D eigenvalue weighted by Gasteiger charge is 2.27. The maximum atomic E-state index is 13.3. The minimum atomic E-state index is -0.280. The van der Waals surface area contributed by atoms with Crippen LogP contribution in [0.4, 0.5) is 4.39 Å². The van der Waals surface area contributed by atoms with E-state index in [1.165, 1.54) is 25.0 Å². The summed E-state index contributed by atoms with van der Waals surface area (Å²) in [7, 11) is 0. The highest BCUT2D eigenvalue weighted by molar-refractivity contribution is 5.92. The van der Waals surface area contributed by atoms with Crippen LogP contribution in [0, 0.1) is 11.7 Å². The number of halogens is 2. The lowest BCUT2D eigenvalue weighted by Crippen LogP contribution is -2.45. The van der Waals surface area contributed by atoms with E-state index in [4.69, 9.17) is 0 Å². The van der Waals surface area contributed by atoms with E-state index in [-0.39, 0.29) is 24.1 Å². The predicted molar refractivity (Wildman–Crippen MR) is 102 cm³/mol. The van der Waals surface area contributed by atoms with Crippen LogP contribution in [-0.4, -0.2) is 51.5 Å². The SMILES string of the molecule is Cl.O=C(c1cn(Cc2cccc(F)c2)nn1)N1CCC(NCC2CC2)CC1. The fourth-order valence-electron chi connectivity index (χ4n) is 3.40. The molecule has 8 heteroatoms. The molecule has 1 saturated carbocycles. The smallest absolute Gasteiger partial charge is 0.276 e. The maximum absolute atomic E-state index is 13.3. The largest absolute Gasteiger partial charge is 0.337 e. The number of carbonyl (C=O) groups excluding carboxylic acids is 1. The first-order chi connectivity index (χ1) is 12.7. The summed E-state index contributed by atoms with van der Waals surface area (Å²) in [6.45, 7) is 3.01. The first-order valence-corrected chi connectivity index (χ1v) is 9.34. The molecule has 2 aromatic rings. The van der Waals surface area contributed by atoms with Crippen molar-refractivity contribution in [2.45, 2.75) is 38.3 Å². The molecule has 1 aromatic carbocycles. The number of carbonyl (C=O) groups is 1. The molecule has 2 aliphatic rings. The van der Waals surface area contributed by atoms with Crippen molar-refractivity contribution in [1.29, 1.82) is 0 Å². The second kappa shape index (κ2) is 8.80. The molecule has 0 bridgehead atoms. The molecule has 1 saturated heterocycles. The summed E-state index contributed by atoms with van der Waals surface area (Å²) in [5.74, 6) is 0.524. The second-order valence-corrected chi connectivity index (χ2v) is 7.35. The molecular weight excluding hydrogens is 369 g/mol. The summed E-state index contributed by atoms with van der Waals surface area (Å²) in [5, 5.41) is 11.6. The Labute approximate surface area is 164 Å². The lowest BCUT2D eigenvalue weighted by atomic mass is 10.0. The molecule has 27 heavy (non-hydrogen) atoms. The number of hydrogen-bond acceptors (Lipinski definition) is 4. The van der Waals surface area contributed by atoms with Gasteiger partial charge in [0.1, 0.15) is 5.82 Å². The van der Waals surface area contributed by atoms with Crippen molar-refractivity contribution in [2.75, 3.05) is 19.6 Å². The fourth-order valence-corrected chi connectivity index (χ4v) is 3.40. The number of aromatic nitrogens is 3. The van der Waals surface area contributed by atoms with Crippen LogP contribution in [0.1, 0.15) is 41.7 Å². The summed E-state index contributed by atoms with van der Waals surface area (Å²) in [6, 6.07) is 6.87. The van der Waals surface area contributed by atoms with Gasteiger partial charge < -0.3 is 10.2 Å². The molecule has 1 amide bonds. The Morgan fingerprint density at radius 3 is 2.70 bits per heavy atom. The van der Waals surface area contributed by atoms with Crippen molar-refractivity contribution in [1.82, 2.24) is 25.2 Å². The van der Waals surface area contributed by atoms with E-state index in [0.717, 1.165) is 44.0 Å². The Bertz CT molecular complexity index is 771. The van der Waals surface area contributed by atoms with Crippen LogP contribution < -0.4 is 5.32 Å². The quantitative estimate of drug-likeness (QED) is 0.819. The first-order valence-electron chi connectivity index (χ1n) is 9.34. The normalized spacial score (nSPS) is 17.6. The minimum Gasteiger partial charge on any atom is -0.337 e. The number of hydrogen-bond donors (Lipinski definition) is 1. The molecule has 0 unspecified atom stereocenters. The minimum absolute atomic E-state index is 0. The van der Waals surface area contributed by atoms with E-state index in [1.807, 2.05) is 11.0 Å². The van der Waals surface area contributed by atoms with Gasteiger partial charge in [-0.25, -0.2) is 9.07 Å². The Kier molecular flexibility index (Phi) is 6.44. The maximum Gasteiger partial charge on any atom is 0.276 e. The van der Waals surface area contributed by atoms with Crippen LogP contribution in [0.2, 0.25) is 0 Å². The summed E-state index contributed by atoms with van der Waals surface area (Å²) in [4.78, 5) is 14.5. The second-order valence-electron chi connectivity index (χ2n) is 7.35. The van der Waals surface area contributed by atoms with Crippen LogP contribution in [0.3, 0.4) is 0 Å². The zero-order valence-corrected chi connectivity index (χ0v) is 16.0. The van der Waals surface area contributed by atoms with Gasteiger partial charge in [0, 0.05) is 19.1 Å². The number of nitrogens with one attached hydrogen (secondary N) is 1.